The standard InChI is InChI=1S/C21H17N7O/c1-23-15-9-19(21(26-13-15)17-7-6-14(11-22)12-25-17)29-20-10-18(27-28(20)2)16-5-3-4-8-24-16/h3-10,12-13H,11,22H2,2H3. The number of aryl methyl sites for hydroxylation is 1. The Morgan fingerprint density at radius 1 is 1.03 bits per heavy atom. The minimum Gasteiger partial charge on any atom is -0.438 e. The van der Waals surface area contributed by atoms with Crippen LogP contribution in [0.2, 0.25) is 0 Å². The predicted molar refractivity (Wildman–Crippen MR) is 108 cm³/mol. The van der Waals surface area contributed by atoms with Crippen molar-refractivity contribution in [2.75, 3.05) is 0 Å². The second-order valence-corrected chi connectivity index (χ2v) is 6.22. The van der Waals surface area contributed by atoms with Gasteiger partial charge in [0.25, 0.3) is 0 Å². The number of hydrogen-bond donors (Lipinski definition) is 1. The highest BCUT2D eigenvalue weighted by atomic mass is 16.5. The predicted octanol–water partition coefficient (Wildman–Crippen LogP) is 3.74. The van der Waals surface area contributed by atoms with Crippen molar-refractivity contribution < 1.29 is 4.74 Å². The first-order chi connectivity index (χ1) is 14.2. The van der Waals surface area contributed by atoms with Crippen molar-refractivity contribution in [3.8, 4) is 34.4 Å². The zero-order valence-electron chi connectivity index (χ0n) is 15.6. The molecule has 0 aliphatic carbocycles. The van der Waals surface area contributed by atoms with E-state index in [-0.39, 0.29) is 0 Å². The first-order valence-electron chi connectivity index (χ1n) is 8.84. The quantitative estimate of drug-likeness (QED) is 0.528. The summed E-state index contributed by atoms with van der Waals surface area (Å²) in [4.78, 5) is 16.6. The molecule has 8 heteroatoms. The third-order valence-electron chi connectivity index (χ3n) is 4.25. The molecule has 2 N–H and O–H groups in total. The van der Waals surface area contributed by atoms with Gasteiger partial charge in [0.2, 0.25) is 11.6 Å². The highest BCUT2D eigenvalue weighted by Crippen LogP contribution is 2.34. The van der Waals surface area contributed by atoms with Crippen LogP contribution < -0.4 is 10.5 Å². The second-order valence-electron chi connectivity index (χ2n) is 6.22. The number of nitrogens with zero attached hydrogens (tertiary/aromatic N) is 6. The van der Waals surface area contributed by atoms with Crippen LogP contribution in [0, 0.1) is 6.57 Å². The maximum absolute atomic E-state index is 7.28. The molecule has 29 heavy (non-hydrogen) atoms. The molecule has 4 aromatic rings. The Labute approximate surface area is 167 Å². The van der Waals surface area contributed by atoms with Gasteiger partial charge in [0.05, 0.1) is 18.0 Å². The number of nitrogens with two attached hydrogens (primary N) is 1. The van der Waals surface area contributed by atoms with E-state index in [1.807, 2.05) is 30.3 Å². The summed E-state index contributed by atoms with van der Waals surface area (Å²) in [6.07, 6.45) is 4.91. The lowest BCUT2D eigenvalue weighted by Gasteiger charge is -2.11. The Hall–Kier alpha value is -4.09. The van der Waals surface area contributed by atoms with Gasteiger partial charge in [0, 0.05) is 38.2 Å². The molecule has 0 bridgehead atoms. The van der Waals surface area contributed by atoms with Gasteiger partial charge in [0.15, 0.2) is 0 Å². The van der Waals surface area contributed by atoms with Crippen LogP contribution in [-0.4, -0.2) is 24.7 Å². The molecule has 0 aromatic carbocycles. The van der Waals surface area contributed by atoms with Crippen molar-refractivity contribution in [1.82, 2.24) is 24.7 Å². The molecular formula is C21H17N7O. The van der Waals surface area contributed by atoms with Crippen molar-refractivity contribution in [3.05, 3.63) is 78.0 Å². The zero-order valence-corrected chi connectivity index (χ0v) is 15.6. The lowest BCUT2D eigenvalue weighted by molar-refractivity contribution is 0.431. The summed E-state index contributed by atoms with van der Waals surface area (Å²) in [6, 6.07) is 12.8. The van der Waals surface area contributed by atoms with Gasteiger partial charge in [-0.1, -0.05) is 12.1 Å². The van der Waals surface area contributed by atoms with E-state index in [2.05, 4.69) is 24.9 Å². The molecule has 0 fully saturated rings. The van der Waals surface area contributed by atoms with Gasteiger partial charge in [-0.3, -0.25) is 15.0 Å². The van der Waals surface area contributed by atoms with Crippen LogP contribution in [0.4, 0.5) is 5.69 Å². The van der Waals surface area contributed by atoms with Crippen LogP contribution in [0.3, 0.4) is 0 Å². The minimum absolute atomic E-state index is 0.370. The van der Waals surface area contributed by atoms with E-state index in [1.54, 1.807) is 36.3 Å². The zero-order chi connectivity index (χ0) is 20.2. The molecule has 4 heterocycles. The minimum atomic E-state index is 0.370. The van der Waals surface area contributed by atoms with Crippen molar-refractivity contribution >= 4 is 5.69 Å². The highest BCUT2D eigenvalue weighted by molar-refractivity contribution is 5.67. The van der Waals surface area contributed by atoms with Crippen LogP contribution in [0.15, 0.2) is 61.1 Å². The van der Waals surface area contributed by atoms with Crippen molar-refractivity contribution in [3.63, 3.8) is 0 Å². The van der Waals surface area contributed by atoms with Gasteiger partial charge in [0.1, 0.15) is 17.1 Å². The molecule has 0 saturated carbocycles. The van der Waals surface area contributed by atoms with Crippen LogP contribution in [0.1, 0.15) is 5.56 Å². The third kappa shape index (κ3) is 3.81. The van der Waals surface area contributed by atoms with E-state index < -0.39 is 0 Å². The van der Waals surface area contributed by atoms with Crippen LogP contribution >= 0.6 is 0 Å². The summed E-state index contributed by atoms with van der Waals surface area (Å²) in [6.45, 7) is 7.69. The second kappa shape index (κ2) is 7.88. The molecule has 0 aliphatic heterocycles. The van der Waals surface area contributed by atoms with Gasteiger partial charge in [-0.05, 0) is 29.8 Å². The molecule has 0 amide bonds. The maximum Gasteiger partial charge on any atom is 0.218 e. The van der Waals surface area contributed by atoms with Crippen molar-refractivity contribution in [2.24, 2.45) is 12.8 Å². The summed E-state index contributed by atoms with van der Waals surface area (Å²) >= 11 is 0. The lowest BCUT2D eigenvalue weighted by Crippen LogP contribution is -1.99. The monoisotopic (exact) mass is 383 g/mol. The van der Waals surface area contributed by atoms with E-state index in [1.165, 1.54) is 6.20 Å². The molecule has 0 spiro atoms. The number of pyridine rings is 3. The smallest absolute Gasteiger partial charge is 0.218 e. The number of rotatable bonds is 5. The van der Waals surface area contributed by atoms with E-state index in [4.69, 9.17) is 17.0 Å². The molecule has 0 atom stereocenters. The van der Waals surface area contributed by atoms with Gasteiger partial charge in [-0.2, -0.15) is 5.10 Å². The van der Waals surface area contributed by atoms with Gasteiger partial charge >= 0.3 is 0 Å². The fourth-order valence-electron chi connectivity index (χ4n) is 2.75. The molecule has 4 aromatic heterocycles. The summed E-state index contributed by atoms with van der Waals surface area (Å²) in [5.74, 6) is 0.913. The first kappa shape index (κ1) is 18.3. The van der Waals surface area contributed by atoms with Gasteiger partial charge in [-0.15, -0.1) is 0 Å². The number of aromatic nitrogens is 5. The molecule has 4 rings (SSSR count). The average Bonchev–Trinajstić information content (AvgIpc) is 3.14. The summed E-state index contributed by atoms with van der Waals surface area (Å²) in [7, 11) is 1.78. The van der Waals surface area contributed by atoms with Gasteiger partial charge < -0.3 is 10.5 Å². The lowest BCUT2D eigenvalue weighted by atomic mass is 10.2. The van der Waals surface area contributed by atoms with Crippen molar-refractivity contribution in [2.45, 2.75) is 6.54 Å². The molecule has 0 aliphatic rings. The SMILES string of the molecule is [C-]#[N+]c1cnc(-c2ccc(CN)cn2)c(Oc2cc(-c3ccccn3)nn2C)c1. The fraction of sp³-hybridized carbons (Fsp3) is 0.0952. The Balaban J connectivity index is 1.73. The van der Waals surface area contributed by atoms with Crippen LogP contribution in [-0.2, 0) is 13.6 Å². The van der Waals surface area contributed by atoms with Crippen molar-refractivity contribution in [1.29, 1.82) is 0 Å². The fourth-order valence-corrected chi connectivity index (χ4v) is 2.75. The largest absolute Gasteiger partial charge is 0.438 e. The molecule has 0 radical (unpaired) electrons. The number of hydrogen-bond acceptors (Lipinski definition) is 6. The first-order valence-corrected chi connectivity index (χ1v) is 8.84. The van der Waals surface area contributed by atoms with Gasteiger partial charge in [-0.25, -0.2) is 9.53 Å². The molecule has 142 valence electrons. The van der Waals surface area contributed by atoms with E-state index in [9.17, 15) is 0 Å². The molecule has 8 nitrogen and oxygen atoms in total. The molecular weight excluding hydrogens is 366 g/mol. The number of ether oxygens (including phenoxy) is 1. The maximum atomic E-state index is 7.28. The Morgan fingerprint density at radius 3 is 2.62 bits per heavy atom. The van der Waals surface area contributed by atoms with E-state index in [0.717, 1.165) is 11.3 Å². The topological polar surface area (TPSA) is 96.1 Å². The third-order valence-corrected chi connectivity index (χ3v) is 4.25. The summed E-state index contributed by atoms with van der Waals surface area (Å²) in [5, 5.41) is 4.46. The molecule has 0 unspecified atom stereocenters. The van der Waals surface area contributed by atoms with Crippen LogP contribution in [0.5, 0.6) is 11.6 Å². The normalized spacial score (nSPS) is 10.5. The van der Waals surface area contributed by atoms with E-state index in [0.29, 0.717) is 40.9 Å². The Kier molecular flexibility index (Phi) is 4.97. The summed E-state index contributed by atoms with van der Waals surface area (Å²) < 4.78 is 7.71. The Morgan fingerprint density at radius 2 is 1.93 bits per heavy atom. The molecule has 0 saturated heterocycles. The van der Waals surface area contributed by atoms with E-state index >= 15 is 0 Å². The average molecular weight is 383 g/mol. The van der Waals surface area contributed by atoms with Crippen LogP contribution in [0.25, 0.3) is 27.6 Å². The summed E-state index contributed by atoms with van der Waals surface area (Å²) in [5.41, 5.74) is 9.51. The highest BCUT2D eigenvalue weighted by Gasteiger charge is 2.15. The Bertz CT molecular complexity index is 1180.